The summed E-state index contributed by atoms with van der Waals surface area (Å²) in [6, 6.07) is 10.2. The van der Waals surface area contributed by atoms with Crippen LogP contribution in [0, 0.1) is 18.3 Å². The summed E-state index contributed by atoms with van der Waals surface area (Å²) in [7, 11) is 0. The molecule has 3 rings (SSSR count). The molecule has 1 saturated carbocycles. The van der Waals surface area contributed by atoms with Crippen molar-refractivity contribution in [2.75, 3.05) is 11.1 Å². The molecule has 1 amide bonds. The average molecular weight is 354 g/mol. The van der Waals surface area contributed by atoms with Gasteiger partial charge < -0.3 is 16.4 Å². The van der Waals surface area contributed by atoms with Crippen molar-refractivity contribution in [3.63, 3.8) is 0 Å². The highest BCUT2D eigenvalue weighted by molar-refractivity contribution is 7.19. The van der Waals surface area contributed by atoms with E-state index in [1.807, 2.05) is 31.2 Å². The Morgan fingerprint density at radius 1 is 1.24 bits per heavy atom. The number of benzene rings is 1. The molecule has 0 atom stereocenters. The lowest BCUT2D eigenvalue weighted by Crippen LogP contribution is -2.36. The Morgan fingerprint density at radius 2 is 1.92 bits per heavy atom. The van der Waals surface area contributed by atoms with Crippen molar-refractivity contribution in [2.45, 2.75) is 45.1 Å². The maximum atomic E-state index is 12.6. The highest BCUT2D eigenvalue weighted by Crippen LogP contribution is 2.37. The SMILES string of the molecule is Cc1ccc(Nc2sc(C(=O)NC3CCCCC3)c(N)c2C#N)cc1. The van der Waals surface area contributed by atoms with Gasteiger partial charge in [-0.3, -0.25) is 4.79 Å². The second kappa shape index (κ2) is 7.58. The molecule has 1 aliphatic carbocycles. The number of nitriles is 1. The first-order valence-corrected chi connectivity index (χ1v) is 9.37. The number of rotatable bonds is 4. The van der Waals surface area contributed by atoms with Crippen LogP contribution in [0.1, 0.15) is 52.9 Å². The summed E-state index contributed by atoms with van der Waals surface area (Å²) in [5.74, 6) is -0.178. The van der Waals surface area contributed by atoms with Crippen LogP contribution in [0.25, 0.3) is 0 Å². The van der Waals surface area contributed by atoms with E-state index in [2.05, 4.69) is 16.7 Å². The molecule has 6 heteroatoms. The molecule has 5 nitrogen and oxygen atoms in total. The molecule has 1 aromatic carbocycles. The summed E-state index contributed by atoms with van der Waals surface area (Å²) in [5, 5.41) is 16.3. The lowest BCUT2D eigenvalue weighted by molar-refractivity contribution is 0.0932. The van der Waals surface area contributed by atoms with E-state index in [9.17, 15) is 10.1 Å². The summed E-state index contributed by atoms with van der Waals surface area (Å²) in [6.07, 6.45) is 5.55. The van der Waals surface area contributed by atoms with Crippen molar-refractivity contribution < 1.29 is 4.79 Å². The average Bonchev–Trinajstić information content (AvgIpc) is 2.93. The van der Waals surface area contributed by atoms with Crippen LogP contribution in [-0.2, 0) is 0 Å². The molecule has 0 radical (unpaired) electrons. The minimum atomic E-state index is -0.178. The number of nitrogens with zero attached hydrogens (tertiary/aromatic N) is 1. The Kier molecular flexibility index (Phi) is 5.25. The van der Waals surface area contributed by atoms with Crippen molar-refractivity contribution in [3.05, 3.63) is 40.3 Å². The number of anilines is 3. The Labute approximate surface area is 151 Å². The molecule has 1 heterocycles. The third kappa shape index (κ3) is 3.94. The van der Waals surface area contributed by atoms with Crippen LogP contribution in [0.3, 0.4) is 0 Å². The maximum absolute atomic E-state index is 12.6. The summed E-state index contributed by atoms with van der Waals surface area (Å²) >= 11 is 1.24. The Balaban J connectivity index is 1.80. The van der Waals surface area contributed by atoms with Crippen molar-refractivity contribution in [1.29, 1.82) is 5.26 Å². The van der Waals surface area contributed by atoms with Gasteiger partial charge in [0.15, 0.2) is 0 Å². The van der Waals surface area contributed by atoms with Crippen LogP contribution < -0.4 is 16.4 Å². The van der Waals surface area contributed by atoms with E-state index in [1.165, 1.54) is 17.8 Å². The van der Waals surface area contributed by atoms with Crippen molar-refractivity contribution in [2.24, 2.45) is 0 Å². The highest BCUT2D eigenvalue weighted by Gasteiger charge is 2.24. The Hall–Kier alpha value is -2.52. The van der Waals surface area contributed by atoms with Crippen molar-refractivity contribution >= 4 is 33.6 Å². The fourth-order valence-electron chi connectivity index (χ4n) is 3.08. The molecule has 0 spiro atoms. The molecule has 1 aliphatic rings. The molecule has 1 fully saturated rings. The highest BCUT2D eigenvalue weighted by atomic mass is 32.1. The normalized spacial score (nSPS) is 14.7. The molecular weight excluding hydrogens is 332 g/mol. The second-order valence-electron chi connectivity index (χ2n) is 6.46. The second-order valence-corrected chi connectivity index (χ2v) is 7.48. The number of nitrogens with two attached hydrogens (primary N) is 1. The number of hydrogen-bond donors (Lipinski definition) is 3. The van der Waals surface area contributed by atoms with Gasteiger partial charge in [0, 0.05) is 11.7 Å². The standard InChI is InChI=1S/C19H22N4OS/c1-12-7-9-14(10-8-12)23-19-15(11-20)16(21)17(25-19)18(24)22-13-5-3-2-4-6-13/h7-10,13,23H,2-6,21H2,1H3,(H,22,24). The molecule has 0 saturated heterocycles. The fraction of sp³-hybridized carbons (Fsp3) is 0.368. The third-order valence-electron chi connectivity index (χ3n) is 4.51. The molecule has 2 aromatic rings. The van der Waals surface area contributed by atoms with Crippen LogP contribution in [0.2, 0.25) is 0 Å². The summed E-state index contributed by atoms with van der Waals surface area (Å²) in [4.78, 5) is 13.0. The lowest BCUT2D eigenvalue weighted by Gasteiger charge is -2.22. The number of carbonyl (C=O) groups is 1. The maximum Gasteiger partial charge on any atom is 0.263 e. The van der Waals surface area contributed by atoms with Gasteiger partial charge in [-0.15, -0.1) is 11.3 Å². The number of aryl methyl sites for hydroxylation is 1. The van der Waals surface area contributed by atoms with E-state index >= 15 is 0 Å². The Bertz CT molecular complexity index is 798. The van der Waals surface area contributed by atoms with E-state index in [-0.39, 0.29) is 17.6 Å². The van der Waals surface area contributed by atoms with Gasteiger partial charge in [0.25, 0.3) is 5.91 Å². The predicted molar refractivity (Wildman–Crippen MR) is 102 cm³/mol. The zero-order valence-corrected chi connectivity index (χ0v) is 15.1. The first kappa shape index (κ1) is 17.3. The van der Waals surface area contributed by atoms with E-state index < -0.39 is 0 Å². The number of carbonyl (C=O) groups excluding carboxylic acids is 1. The van der Waals surface area contributed by atoms with Crippen molar-refractivity contribution in [1.82, 2.24) is 5.32 Å². The number of amides is 1. The predicted octanol–water partition coefficient (Wildman–Crippen LogP) is 4.32. The number of nitrogen functional groups attached to an aromatic ring is 1. The molecule has 4 N–H and O–H groups in total. The van der Waals surface area contributed by atoms with Crippen LogP contribution in [0.4, 0.5) is 16.4 Å². The first-order chi connectivity index (χ1) is 12.1. The molecule has 130 valence electrons. The van der Waals surface area contributed by atoms with Gasteiger partial charge in [0.2, 0.25) is 0 Å². The monoisotopic (exact) mass is 354 g/mol. The van der Waals surface area contributed by atoms with Crippen LogP contribution in [-0.4, -0.2) is 11.9 Å². The molecule has 0 aliphatic heterocycles. The van der Waals surface area contributed by atoms with Gasteiger partial charge in [0.1, 0.15) is 21.5 Å². The van der Waals surface area contributed by atoms with Crippen LogP contribution in [0.5, 0.6) is 0 Å². The molecule has 0 bridgehead atoms. The van der Waals surface area contributed by atoms with Gasteiger partial charge in [-0.25, -0.2) is 0 Å². The van der Waals surface area contributed by atoms with Gasteiger partial charge in [-0.05, 0) is 31.9 Å². The molecular formula is C19H22N4OS. The third-order valence-corrected chi connectivity index (χ3v) is 5.63. The van der Waals surface area contributed by atoms with Gasteiger partial charge in [-0.2, -0.15) is 5.26 Å². The zero-order valence-electron chi connectivity index (χ0n) is 14.3. The minimum absolute atomic E-state index is 0.178. The quantitative estimate of drug-likeness (QED) is 0.763. The van der Waals surface area contributed by atoms with Crippen molar-refractivity contribution in [3.8, 4) is 6.07 Å². The first-order valence-electron chi connectivity index (χ1n) is 8.55. The lowest BCUT2D eigenvalue weighted by atomic mass is 9.95. The topological polar surface area (TPSA) is 90.9 Å². The summed E-state index contributed by atoms with van der Waals surface area (Å²) < 4.78 is 0. The largest absolute Gasteiger partial charge is 0.396 e. The fourth-order valence-corrected chi connectivity index (χ4v) is 4.07. The van der Waals surface area contributed by atoms with Gasteiger partial charge >= 0.3 is 0 Å². The number of hydrogen-bond acceptors (Lipinski definition) is 5. The van der Waals surface area contributed by atoms with E-state index in [4.69, 9.17) is 5.73 Å². The number of thiophene rings is 1. The molecule has 0 unspecified atom stereocenters. The summed E-state index contributed by atoms with van der Waals surface area (Å²) in [5.41, 5.74) is 8.70. The van der Waals surface area contributed by atoms with E-state index in [1.54, 1.807) is 0 Å². The van der Waals surface area contributed by atoms with Gasteiger partial charge in [0.05, 0.1) is 5.69 Å². The molecule has 1 aromatic heterocycles. The van der Waals surface area contributed by atoms with E-state index in [0.29, 0.717) is 15.4 Å². The summed E-state index contributed by atoms with van der Waals surface area (Å²) in [6.45, 7) is 2.02. The van der Waals surface area contributed by atoms with Gasteiger partial charge in [-0.1, -0.05) is 37.0 Å². The van der Waals surface area contributed by atoms with Crippen LogP contribution in [0.15, 0.2) is 24.3 Å². The Morgan fingerprint density at radius 3 is 2.56 bits per heavy atom. The smallest absolute Gasteiger partial charge is 0.263 e. The zero-order chi connectivity index (χ0) is 17.8. The van der Waals surface area contributed by atoms with Crippen LogP contribution >= 0.6 is 11.3 Å². The molecule has 25 heavy (non-hydrogen) atoms. The minimum Gasteiger partial charge on any atom is -0.396 e. The van der Waals surface area contributed by atoms with E-state index in [0.717, 1.165) is 36.9 Å². The number of nitrogens with one attached hydrogen (secondary N) is 2.